The minimum atomic E-state index is -0.769. The normalized spacial score (nSPS) is 20.1. The highest BCUT2D eigenvalue weighted by molar-refractivity contribution is 5.94. The number of nitrogens with one attached hydrogen (secondary N) is 2. The molecule has 68 heavy (non-hydrogen) atoms. The number of piperazine rings is 1. The molecule has 12 rings (SSSR count). The Hall–Kier alpha value is -7.34. The average Bonchev–Trinajstić information content (AvgIpc) is 3.88. The van der Waals surface area contributed by atoms with E-state index in [1.54, 1.807) is 22.5 Å². The van der Waals surface area contributed by atoms with Crippen LogP contribution < -0.4 is 16.6 Å². The highest BCUT2D eigenvalue weighted by Crippen LogP contribution is 2.46. The third-order valence-corrected chi connectivity index (χ3v) is 14.7. The summed E-state index contributed by atoms with van der Waals surface area (Å²) in [6.07, 6.45) is 1.41. The number of benzene rings is 3. The zero-order valence-corrected chi connectivity index (χ0v) is 37.9. The van der Waals surface area contributed by atoms with E-state index in [2.05, 4.69) is 20.4 Å². The van der Waals surface area contributed by atoms with Crippen LogP contribution in [-0.2, 0) is 45.2 Å². The van der Waals surface area contributed by atoms with Crippen LogP contribution in [0.25, 0.3) is 39.4 Å². The lowest BCUT2D eigenvalue weighted by molar-refractivity contribution is -0.157. The first-order valence-corrected chi connectivity index (χ1v) is 23.1. The number of hydrogen-bond acceptors (Lipinski definition) is 12. The summed E-state index contributed by atoms with van der Waals surface area (Å²) < 4.78 is 29.4. The number of aromatic hydroxyl groups is 2. The van der Waals surface area contributed by atoms with E-state index in [1.165, 1.54) is 16.7 Å². The summed E-state index contributed by atoms with van der Waals surface area (Å²) in [5.41, 5.74) is 6.93. The van der Waals surface area contributed by atoms with Crippen molar-refractivity contribution in [2.75, 3.05) is 19.7 Å². The molecular weight excluding hydrogens is 876 g/mol. The quantitative estimate of drug-likeness (QED) is 0.129. The number of H-pyrrole nitrogens is 1. The lowest BCUT2D eigenvalue weighted by Crippen LogP contribution is -2.70. The second-order valence-electron chi connectivity index (χ2n) is 18.9. The van der Waals surface area contributed by atoms with Crippen molar-refractivity contribution in [3.8, 4) is 40.0 Å². The number of aromatic amines is 1. The molecule has 6 aliphatic rings. The van der Waals surface area contributed by atoms with Gasteiger partial charge in [0.2, 0.25) is 0 Å². The second kappa shape index (κ2) is 16.2. The molecule has 2 bridgehead atoms. The molecule has 3 aromatic carbocycles. The second-order valence-corrected chi connectivity index (χ2v) is 18.9. The molecular formula is C50H49FN8O9. The topological polar surface area (TPSA) is 214 Å². The first-order valence-electron chi connectivity index (χ1n) is 23.1. The summed E-state index contributed by atoms with van der Waals surface area (Å²) in [5, 5.41) is 31.4. The van der Waals surface area contributed by atoms with Crippen LogP contribution in [-0.4, -0.2) is 94.1 Å². The summed E-state index contributed by atoms with van der Waals surface area (Å²) in [4.78, 5) is 75.8. The number of carbonyl (C=O) groups is 3. The van der Waals surface area contributed by atoms with Gasteiger partial charge in [0.25, 0.3) is 11.5 Å². The SMILES string of the molecule is CCC1C(=O)OCc2c1cc1n(c2=O)Cc2c-1nc1cc(F)c(C)c3c1c2C(NC(=O)OCC(=O)N1C2CC1CN(Cc1ccc(-n4c(-c5cc(C(C)C)c(O)cc5O)n[nH]c4=O)cc1)C2)CC3. The van der Waals surface area contributed by atoms with Gasteiger partial charge in [-0.05, 0) is 96.2 Å². The number of pyridine rings is 2. The van der Waals surface area contributed by atoms with E-state index >= 15 is 4.39 Å². The van der Waals surface area contributed by atoms with Crippen LogP contribution >= 0.6 is 0 Å². The molecule has 4 N–H and O–H groups in total. The average molecular weight is 925 g/mol. The number of hydrogen-bond donors (Lipinski definition) is 4. The first-order chi connectivity index (χ1) is 32.7. The summed E-state index contributed by atoms with van der Waals surface area (Å²) in [6, 6.07) is 12.9. The summed E-state index contributed by atoms with van der Waals surface area (Å²) >= 11 is 0. The molecule has 3 fully saturated rings. The van der Waals surface area contributed by atoms with Crippen LogP contribution in [0.5, 0.6) is 11.5 Å². The van der Waals surface area contributed by atoms with Crippen molar-refractivity contribution in [2.24, 2.45) is 0 Å². The minimum Gasteiger partial charge on any atom is -0.508 e. The lowest BCUT2D eigenvalue weighted by Gasteiger charge is -2.56. The van der Waals surface area contributed by atoms with Crippen LogP contribution in [0.3, 0.4) is 0 Å². The lowest BCUT2D eigenvalue weighted by atomic mass is 9.81. The Morgan fingerprint density at radius 3 is 2.51 bits per heavy atom. The third kappa shape index (κ3) is 6.86. The van der Waals surface area contributed by atoms with E-state index in [1.807, 2.05) is 51.1 Å². The minimum absolute atomic E-state index is 0.0359. The molecule has 17 nitrogen and oxygen atoms in total. The first kappa shape index (κ1) is 43.2. The largest absolute Gasteiger partial charge is 0.508 e. The van der Waals surface area contributed by atoms with Gasteiger partial charge in [0.15, 0.2) is 12.4 Å². The highest BCUT2D eigenvalue weighted by Gasteiger charge is 2.47. The van der Waals surface area contributed by atoms with Gasteiger partial charge in [-0.25, -0.2) is 28.6 Å². The Morgan fingerprint density at radius 1 is 1.01 bits per heavy atom. The number of cyclic esters (lactones) is 1. The monoisotopic (exact) mass is 924 g/mol. The van der Waals surface area contributed by atoms with E-state index in [0.29, 0.717) is 89.3 Å². The van der Waals surface area contributed by atoms with E-state index in [4.69, 9.17) is 14.5 Å². The smallest absolute Gasteiger partial charge is 0.408 e. The van der Waals surface area contributed by atoms with Crippen molar-refractivity contribution < 1.29 is 38.5 Å². The Bertz CT molecular complexity index is 3260. The molecule has 8 heterocycles. The number of ether oxygens (including phenoxy) is 2. The molecule has 350 valence electrons. The third-order valence-electron chi connectivity index (χ3n) is 14.7. The van der Waals surface area contributed by atoms with Gasteiger partial charge >= 0.3 is 17.8 Å². The molecule has 0 spiro atoms. The molecule has 0 radical (unpaired) electrons. The predicted octanol–water partition coefficient (Wildman–Crippen LogP) is 5.70. The number of piperidine rings is 1. The number of nitrogens with zero attached hydrogens (tertiary/aromatic N) is 6. The van der Waals surface area contributed by atoms with E-state index in [-0.39, 0.29) is 65.9 Å². The van der Waals surface area contributed by atoms with Gasteiger partial charge in [0.1, 0.15) is 23.9 Å². The summed E-state index contributed by atoms with van der Waals surface area (Å²) in [5.74, 6) is -1.73. The van der Waals surface area contributed by atoms with Gasteiger partial charge < -0.3 is 34.5 Å². The maximum absolute atomic E-state index is 15.4. The van der Waals surface area contributed by atoms with E-state index < -0.39 is 36.2 Å². The van der Waals surface area contributed by atoms with E-state index in [0.717, 1.165) is 34.1 Å². The zero-order chi connectivity index (χ0) is 47.4. The standard InChI is InChI=1S/C50H49FN8O9/c1-5-29-32-14-39-45-34(20-57(39)47(63)35(32)21-67-48(29)64)44-37(11-10-30-24(4)36(51)15-38(52-45)43(30)44)53-50(66)68-22-42(62)58-27-12-28(58)19-56(18-27)17-25-6-8-26(9-7-25)59-46(54-55-49(59)65)33-13-31(23(2)3)40(60)16-41(33)61/h6-9,13-16,23,27-29,37,60-61H,5,10-12,17-22H2,1-4H3,(H,53,66)(H,55,65). The number of esters is 1. The van der Waals surface area contributed by atoms with Gasteiger partial charge in [-0.1, -0.05) is 32.9 Å². The molecule has 5 aliphatic heterocycles. The van der Waals surface area contributed by atoms with Gasteiger partial charge in [-0.3, -0.25) is 19.3 Å². The number of aryl methyl sites for hydroxylation is 1. The maximum atomic E-state index is 15.4. The Balaban J connectivity index is 0.755. The van der Waals surface area contributed by atoms with Gasteiger partial charge in [0.05, 0.1) is 52.2 Å². The van der Waals surface area contributed by atoms with Crippen molar-refractivity contribution in [1.82, 2.24) is 39.4 Å². The van der Waals surface area contributed by atoms with Crippen molar-refractivity contribution in [3.63, 3.8) is 0 Å². The fraction of sp³-hybridized carbons (Fsp3) is 0.380. The van der Waals surface area contributed by atoms with Crippen LogP contribution in [0.4, 0.5) is 9.18 Å². The van der Waals surface area contributed by atoms with Crippen molar-refractivity contribution >= 4 is 28.9 Å². The van der Waals surface area contributed by atoms with Crippen LogP contribution in [0, 0.1) is 12.7 Å². The Morgan fingerprint density at radius 2 is 1.78 bits per heavy atom. The number of rotatable bonds is 9. The van der Waals surface area contributed by atoms with Crippen molar-refractivity contribution in [1.29, 1.82) is 0 Å². The molecule has 2 amide bonds. The van der Waals surface area contributed by atoms with Crippen LogP contribution in [0.1, 0.15) is 102 Å². The van der Waals surface area contributed by atoms with Gasteiger partial charge in [0, 0.05) is 54.8 Å². The number of carbonyl (C=O) groups excluding carboxylic acids is 3. The maximum Gasteiger partial charge on any atom is 0.408 e. The molecule has 1 aliphatic carbocycles. The summed E-state index contributed by atoms with van der Waals surface area (Å²) in [6.45, 7) is 8.89. The van der Waals surface area contributed by atoms with Gasteiger partial charge in [-0.15, -0.1) is 0 Å². The predicted molar refractivity (Wildman–Crippen MR) is 245 cm³/mol. The van der Waals surface area contributed by atoms with Crippen molar-refractivity contribution in [3.05, 3.63) is 120 Å². The molecule has 18 heteroatoms. The highest BCUT2D eigenvalue weighted by atomic mass is 19.1. The number of aromatic nitrogens is 5. The Kier molecular flexibility index (Phi) is 10.3. The molecule has 0 saturated carbocycles. The molecule has 4 atom stereocenters. The van der Waals surface area contributed by atoms with E-state index in [9.17, 15) is 34.2 Å². The number of phenolic OH excluding ortho intramolecular Hbond substituents is 2. The fourth-order valence-corrected chi connectivity index (χ4v) is 11.3. The number of alkyl carbamates (subject to hydrolysis) is 1. The summed E-state index contributed by atoms with van der Waals surface area (Å²) in [7, 11) is 0. The molecule has 6 aromatic rings. The number of fused-ring (bicyclic) bond motifs is 7. The number of phenols is 2. The number of amides is 2. The van der Waals surface area contributed by atoms with Crippen LogP contribution in [0.2, 0.25) is 0 Å². The zero-order valence-electron chi connectivity index (χ0n) is 37.9. The van der Waals surface area contributed by atoms with Crippen LogP contribution in [0.15, 0.2) is 58.1 Å². The number of halogens is 1. The molecule has 3 saturated heterocycles. The molecule has 4 unspecified atom stereocenters. The molecule has 3 aromatic heterocycles. The fourth-order valence-electron chi connectivity index (χ4n) is 11.3. The van der Waals surface area contributed by atoms with Gasteiger partial charge in [-0.2, -0.15) is 5.10 Å². The van der Waals surface area contributed by atoms with Crippen molar-refractivity contribution in [2.45, 2.75) is 103 Å². The Labute approximate surface area is 388 Å².